The van der Waals surface area contributed by atoms with E-state index in [2.05, 4.69) is 19.2 Å². The van der Waals surface area contributed by atoms with E-state index in [0.29, 0.717) is 18.0 Å². The number of rotatable bonds is 6. The first-order valence-electron chi connectivity index (χ1n) is 6.32. The average Bonchev–Trinajstić information content (AvgIpc) is 2.30. The highest BCUT2D eigenvalue weighted by Crippen LogP contribution is 2.14. The normalized spacial score (nSPS) is 13.3. The lowest BCUT2D eigenvalue weighted by molar-refractivity contribution is 0.288. The molecule has 0 amide bonds. The largest absolute Gasteiger partial charge is 0.308 e. The number of nitrogens with zero attached hydrogens (tertiary/aromatic N) is 1. The molecule has 1 aromatic rings. The van der Waals surface area contributed by atoms with Gasteiger partial charge in [-0.2, -0.15) is 0 Å². The fraction of sp³-hybridized carbons (Fsp3) is 0.571. The van der Waals surface area contributed by atoms with E-state index < -0.39 is 17.5 Å². The molecule has 0 aliphatic heterocycles. The van der Waals surface area contributed by atoms with Crippen LogP contribution in [0.25, 0.3) is 0 Å². The lowest BCUT2D eigenvalue weighted by atomic mass is 10.0. The van der Waals surface area contributed by atoms with Gasteiger partial charge in [-0.1, -0.05) is 13.8 Å². The first-order chi connectivity index (χ1) is 8.81. The summed E-state index contributed by atoms with van der Waals surface area (Å²) < 4.78 is 39.0. The molecule has 0 aliphatic carbocycles. The van der Waals surface area contributed by atoms with Gasteiger partial charge in [0.25, 0.3) is 0 Å². The van der Waals surface area contributed by atoms with E-state index in [9.17, 15) is 13.2 Å². The maximum Gasteiger partial charge on any atom is 0.194 e. The zero-order valence-corrected chi connectivity index (χ0v) is 11.8. The summed E-state index contributed by atoms with van der Waals surface area (Å²) in [4.78, 5) is 2.05. The first kappa shape index (κ1) is 16.0. The Bertz CT molecular complexity index is 396. The van der Waals surface area contributed by atoms with Crippen molar-refractivity contribution in [1.82, 2.24) is 10.2 Å². The summed E-state index contributed by atoms with van der Waals surface area (Å²) >= 11 is 0. The Morgan fingerprint density at radius 1 is 1.11 bits per heavy atom. The van der Waals surface area contributed by atoms with E-state index in [-0.39, 0.29) is 6.04 Å². The third-order valence-electron chi connectivity index (χ3n) is 2.98. The van der Waals surface area contributed by atoms with Crippen LogP contribution in [0.4, 0.5) is 13.2 Å². The summed E-state index contributed by atoms with van der Waals surface area (Å²) in [6, 6.07) is 2.25. The predicted molar refractivity (Wildman–Crippen MR) is 70.3 cm³/mol. The van der Waals surface area contributed by atoms with Crippen molar-refractivity contribution in [3.63, 3.8) is 0 Å². The molecule has 0 heterocycles. The van der Waals surface area contributed by atoms with Gasteiger partial charge in [-0.15, -0.1) is 0 Å². The summed E-state index contributed by atoms with van der Waals surface area (Å²) in [5.41, 5.74) is 0.404. The van der Waals surface area contributed by atoms with Crippen LogP contribution in [-0.2, 0) is 6.54 Å². The molecule has 1 N–H and O–H groups in total. The molecule has 0 saturated heterocycles. The summed E-state index contributed by atoms with van der Waals surface area (Å²) in [5.74, 6) is -3.33. The quantitative estimate of drug-likeness (QED) is 0.802. The maximum atomic E-state index is 13.1. The molecule has 108 valence electrons. The van der Waals surface area contributed by atoms with E-state index in [0.717, 1.165) is 18.7 Å². The van der Waals surface area contributed by atoms with Crippen molar-refractivity contribution in [2.24, 2.45) is 5.92 Å². The minimum Gasteiger partial charge on any atom is -0.308 e. The molecule has 0 aromatic heterocycles. The van der Waals surface area contributed by atoms with E-state index >= 15 is 0 Å². The van der Waals surface area contributed by atoms with E-state index in [1.165, 1.54) is 0 Å². The van der Waals surface area contributed by atoms with E-state index in [1.807, 2.05) is 19.0 Å². The molecule has 1 unspecified atom stereocenters. The molecule has 0 bridgehead atoms. The van der Waals surface area contributed by atoms with Gasteiger partial charge in [-0.05, 0) is 37.7 Å². The molecule has 0 spiro atoms. The molecule has 0 fully saturated rings. The summed E-state index contributed by atoms with van der Waals surface area (Å²) in [5, 5.41) is 3.24. The molecule has 1 aromatic carbocycles. The van der Waals surface area contributed by atoms with Gasteiger partial charge >= 0.3 is 0 Å². The first-order valence-corrected chi connectivity index (χ1v) is 6.32. The summed E-state index contributed by atoms with van der Waals surface area (Å²) in [7, 11) is 3.93. The fourth-order valence-corrected chi connectivity index (χ4v) is 1.86. The molecule has 5 heteroatoms. The zero-order chi connectivity index (χ0) is 14.6. The second-order valence-corrected chi connectivity index (χ2v) is 5.37. The Labute approximate surface area is 112 Å². The number of hydrogen-bond donors (Lipinski definition) is 1. The Morgan fingerprint density at radius 2 is 1.63 bits per heavy atom. The SMILES string of the molecule is CC(C)C(CN(C)C)NCc1cc(F)c(F)c(F)c1. The van der Waals surface area contributed by atoms with Crippen LogP contribution < -0.4 is 5.32 Å². The molecule has 0 aliphatic rings. The molecule has 0 saturated carbocycles. The molecule has 2 nitrogen and oxygen atoms in total. The molecule has 19 heavy (non-hydrogen) atoms. The Balaban J connectivity index is 2.69. The summed E-state index contributed by atoms with van der Waals surface area (Å²) in [6.45, 7) is 5.29. The van der Waals surface area contributed by atoms with Crippen LogP contribution in [-0.4, -0.2) is 31.6 Å². The van der Waals surface area contributed by atoms with Crippen LogP contribution >= 0.6 is 0 Å². The average molecular weight is 274 g/mol. The highest BCUT2D eigenvalue weighted by Gasteiger charge is 2.15. The van der Waals surface area contributed by atoms with Gasteiger partial charge < -0.3 is 10.2 Å². The third-order valence-corrected chi connectivity index (χ3v) is 2.98. The van der Waals surface area contributed by atoms with E-state index in [1.54, 1.807) is 0 Å². The van der Waals surface area contributed by atoms with Gasteiger partial charge in [0.2, 0.25) is 0 Å². The van der Waals surface area contributed by atoms with Crippen molar-refractivity contribution in [2.45, 2.75) is 26.4 Å². The lowest BCUT2D eigenvalue weighted by Crippen LogP contribution is -2.41. The van der Waals surface area contributed by atoms with Crippen molar-refractivity contribution >= 4 is 0 Å². The Kier molecular flexibility index (Phi) is 5.82. The molecule has 0 radical (unpaired) electrons. The predicted octanol–water partition coefficient (Wildman–Crippen LogP) is 2.78. The monoisotopic (exact) mass is 274 g/mol. The van der Waals surface area contributed by atoms with Crippen LogP contribution in [0, 0.1) is 23.4 Å². The Morgan fingerprint density at radius 3 is 2.05 bits per heavy atom. The van der Waals surface area contributed by atoms with Crippen LogP contribution in [0.1, 0.15) is 19.4 Å². The van der Waals surface area contributed by atoms with Crippen molar-refractivity contribution < 1.29 is 13.2 Å². The minimum absolute atomic E-state index is 0.200. The zero-order valence-electron chi connectivity index (χ0n) is 11.8. The molecule has 1 atom stereocenters. The van der Waals surface area contributed by atoms with Gasteiger partial charge in [0.15, 0.2) is 17.5 Å². The number of likely N-dealkylation sites (N-methyl/N-ethyl adjacent to an activating group) is 1. The second-order valence-electron chi connectivity index (χ2n) is 5.37. The van der Waals surface area contributed by atoms with Gasteiger partial charge in [-0.25, -0.2) is 13.2 Å². The smallest absolute Gasteiger partial charge is 0.194 e. The number of nitrogens with one attached hydrogen (secondary N) is 1. The fourth-order valence-electron chi connectivity index (χ4n) is 1.86. The highest BCUT2D eigenvalue weighted by molar-refractivity contribution is 5.19. The number of halogens is 3. The number of hydrogen-bond acceptors (Lipinski definition) is 2. The third kappa shape index (κ3) is 4.84. The highest BCUT2D eigenvalue weighted by atomic mass is 19.2. The van der Waals surface area contributed by atoms with E-state index in [4.69, 9.17) is 0 Å². The van der Waals surface area contributed by atoms with Gasteiger partial charge in [-0.3, -0.25) is 0 Å². The molecular formula is C14H21F3N2. The maximum absolute atomic E-state index is 13.1. The topological polar surface area (TPSA) is 15.3 Å². The van der Waals surface area contributed by atoms with Crippen molar-refractivity contribution in [3.8, 4) is 0 Å². The van der Waals surface area contributed by atoms with Gasteiger partial charge in [0.1, 0.15) is 0 Å². The molecule has 1 rings (SSSR count). The minimum atomic E-state index is -1.42. The van der Waals surface area contributed by atoms with Crippen LogP contribution in [0.3, 0.4) is 0 Å². The van der Waals surface area contributed by atoms with Crippen LogP contribution in [0.2, 0.25) is 0 Å². The van der Waals surface area contributed by atoms with Crippen LogP contribution in [0.15, 0.2) is 12.1 Å². The standard InChI is InChI=1S/C14H21F3N2/c1-9(2)13(8-19(3)4)18-7-10-5-11(15)14(17)12(16)6-10/h5-6,9,13,18H,7-8H2,1-4H3. The lowest BCUT2D eigenvalue weighted by Gasteiger charge is -2.25. The second kappa shape index (κ2) is 6.91. The van der Waals surface area contributed by atoms with Crippen LogP contribution in [0.5, 0.6) is 0 Å². The number of benzene rings is 1. The molecular weight excluding hydrogens is 253 g/mol. The van der Waals surface area contributed by atoms with Gasteiger partial charge in [0, 0.05) is 19.1 Å². The Hall–Kier alpha value is -1.07. The van der Waals surface area contributed by atoms with Crippen molar-refractivity contribution in [2.75, 3.05) is 20.6 Å². The van der Waals surface area contributed by atoms with Gasteiger partial charge in [0.05, 0.1) is 0 Å². The summed E-state index contributed by atoms with van der Waals surface area (Å²) in [6.07, 6.45) is 0. The van der Waals surface area contributed by atoms with Crippen molar-refractivity contribution in [3.05, 3.63) is 35.1 Å². The van der Waals surface area contributed by atoms with Crippen molar-refractivity contribution in [1.29, 1.82) is 0 Å².